The Labute approximate surface area is 176 Å². The second-order valence-corrected chi connectivity index (χ2v) is 8.56. The predicted octanol–water partition coefficient (Wildman–Crippen LogP) is 2.03. The third kappa shape index (κ3) is 3.78. The first-order valence-corrected chi connectivity index (χ1v) is 11.0. The lowest BCUT2D eigenvalue weighted by atomic mass is 10.0. The van der Waals surface area contributed by atoms with Gasteiger partial charge in [-0.25, -0.2) is 4.79 Å². The van der Waals surface area contributed by atoms with Crippen LogP contribution in [0.4, 0.5) is 10.5 Å². The van der Waals surface area contributed by atoms with Crippen molar-refractivity contribution >= 4 is 20.0 Å². The second kappa shape index (κ2) is 7.33. The Morgan fingerprint density at radius 2 is 2.00 bits per heavy atom. The number of ether oxygens (including phenoxy) is 1. The molecule has 31 heavy (non-hydrogen) atoms. The van der Waals surface area contributed by atoms with E-state index in [4.69, 9.17) is 23.8 Å². The van der Waals surface area contributed by atoms with Crippen molar-refractivity contribution in [3.63, 3.8) is 0 Å². The van der Waals surface area contributed by atoms with E-state index in [1.54, 1.807) is 19.2 Å². The summed E-state index contributed by atoms with van der Waals surface area (Å²) in [7, 11) is -4.40. The highest BCUT2D eigenvalue weighted by molar-refractivity contribution is 7.53. The normalized spacial score (nSPS) is 20.0. The van der Waals surface area contributed by atoms with Crippen molar-refractivity contribution in [2.24, 2.45) is 0 Å². The van der Waals surface area contributed by atoms with Crippen molar-refractivity contribution in [1.29, 1.82) is 0 Å². The Morgan fingerprint density at radius 1 is 1.19 bits per heavy atom. The van der Waals surface area contributed by atoms with Crippen LogP contribution in [-0.2, 0) is 15.7 Å². The zero-order chi connectivity index (χ0) is 21.8. The lowest BCUT2D eigenvalue weighted by Gasteiger charge is -2.15. The summed E-state index contributed by atoms with van der Waals surface area (Å²) in [6, 6.07) is 9.05. The molecule has 0 saturated carbocycles. The van der Waals surface area contributed by atoms with E-state index in [1.165, 1.54) is 4.90 Å². The van der Waals surface area contributed by atoms with E-state index in [2.05, 4.69) is 19.7 Å². The summed E-state index contributed by atoms with van der Waals surface area (Å²) in [6.45, 7) is 1.40. The van der Waals surface area contributed by atoms with Gasteiger partial charge in [-0.05, 0) is 35.7 Å². The summed E-state index contributed by atoms with van der Waals surface area (Å²) < 4.78 is 15.3. The fourth-order valence-corrected chi connectivity index (χ4v) is 4.21. The van der Waals surface area contributed by atoms with Crippen molar-refractivity contribution in [3.8, 4) is 22.7 Å². The molecule has 2 aliphatic heterocycles. The maximum atomic E-state index is 12.3. The number of hydrogen-bond acceptors (Lipinski definition) is 10. The number of fused-ring (bicyclic) bond motifs is 3. The van der Waals surface area contributed by atoms with Crippen molar-refractivity contribution in [2.75, 3.05) is 11.5 Å². The highest BCUT2D eigenvalue weighted by Gasteiger charge is 2.49. The van der Waals surface area contributed by atoms with Crippen LogP contribution in [0.25, 0.3) is 22.7 Å². The largest absolute Gasteiger partial charge is 0.567 e. The number of cyclic esters (lactones) is 1. The molecule has 2 aromatic heterocycles. The summed E-state index contributed by atoms with van der Waals surface area (Å²) in [4.78, 5) is 45.4. The van der Waals surface area contributed by atoms with Crippen LogP contribution in [0.1, 0.15) is 11.5 Å². The van der Waals surface area contributed by atoms with Crippen LogP contribution in [0.15, 0.2) is 40.9 Å². The maximum absolute atomic E-state index is 12.3. The Kier molecular flexibility index (Phi) is 4.72. The monoisotopic (exact) mass is 445 g/mol. The Hall–Kier alpha value is -2.95. The van der Waals surface area contributed by atoms with Gasteiger partial charge in [-0.1, -0.05) is 12.1 Å². The average molecular weight is 445 g/mol. The van der Waals surface area contributed by atoms with Gasteiger partial charge >= 0.3 is 14.3 Å². The molecule has 12 heteroatoms. The van der Waals surface area contributed by atoms with Crippen molar-refractivity contribution in [2.45, 2.75) is 25.5 Å². The zero-order valence-corrected chi connectivity index (χ0v) is 17.1. The van der Waals surface area contributed by atoms with Gasteiger partial charge in [-0.15, -0.1) is 14.7 Å². The van der Waals surface area contributed by atoms with E-state index < -0.39 is 20.4 Å². The van der Waals surface area contributed by atoms with Gasteiger partial charge in [0, 0.05) is 18.7 Å². The third-order valence-electron chi connectivity index (χ3n) is 5.23. The molecule has 0 radical (unpaired) electrons. The van der Waals surface area contributed by atoms with Crippen LogP contribution in [0.5, 0.6) is 0 Å². The van der Waals surface area contributed by atoms with Crippen LogP contribution >= 0.6 is 8.17 Å². The molecule has 0 bridgehead atoms. The predicted molar refractivity (Wildman–Crippen MR) is 107 cm³/mol. The highest BCUT2D eigenvalue weighted by atomic mass is 31.2. The molecule has 5 rings (SSSR count). The molecule has 3 aromatic rings. The Balaban J connectivity index is 1.37. The number of hydrogen-bond donors (Lipinski definition) is 3. The minimum atomic E-state index is -4.40. The summed E-state index contributed by atoms with van der Waals surface area (Å²) in [6.07, 6.45) is 0.949. The maximum Gasteiger partial charge on any atom is 0.567 e. The summed E-state index contributed by atoms with van der Waals surface area (Å²) >= 11 is 0. The molecule has 0 aliphatic carbocycles. The number of rotatable bonds is 5. The number of nitrogens with zero attached hydrogens (tertiary/aromatic N) is 4. The molecule has 2 atom stereocenters. The van der Waals surface area contributed by atoms with E-state index in [0.29, 0.717) is 23.9 Å². The quantitative estimate of drug-likeness (QED) is 0.498. The number of amides is 1. The van der Waals surface area contributed by atoms with Crippen LogP contribution in [0, 0.1) is 6.92 Å². The fraction of sp³-hybridized carbons (Fsp3) is 0.263. The minimum absolute atomic E-state index is 0.314. The van der Waals surface area contributed by atoms with Crippen LogP contribution in [0.3, 0.4) is 0 Å². The summed E-state index contributed by atoms with van der Waals surface area (Å²) in [5.41, 5.74) is 4.05. The molecule has 0 unspecified atom stereocenters. The van der Waals surface area contributed by atoms with Crippen LogP contribution in [-0.4, -0.2) is 54.7 Å². The lowest BCUT2D eigenvalue weighted by Crippen LogP contribution is -2.35. The fourth-order valence-electron chi connectivity index (χ4n) is 3.86. The molecule has 160 valence electrons. The van der Waals surface area contributed by atoms with Gasteiger partial charge in [0.15, 0.2) is 6.10 Å². The van der Waals surface area contributed by atoms with Gasteiger partial charge in [-0.2, -0.15) is 14.7 Å². The smallest absolute Gasteiger partial charge is 0.441 e. The van der Waals surface area contributed by atoms with E-state index in [1.807, 2.05) is 24.3 Å². The molecule has 4 heterocycles. The molecule has 2 aliphatic rings. The van der Waals surface area contributed by atoms with Gasteiger partial charge < -0.3 is 9.15 Å². The molecular formula is C19H18N4O7P+. The van der Waals surface area contributed by atoms with Crippen LogP contribution < -0.4 is 4.90 Å². The van der Waals surface area contributed by atoms with Gasteiger partial charge in [0.1, 0.15) is 12.3 Å². The zero-order valence-electron chi connectivity index (χ0n) is 16.2. The molecule has 3 N–H and O–H groups in total. The third-order valence-corrected chi connectivity index (χ3v) is 5.73. The number of carbonyl (C=O) groups excluding carboxylic acids is 1. The minimum Gasteiger partial charge on any atom is -0.441 e. The molecule has 1 saturated heterocycles. The molecule has 0 spiro atoms. The standard InChI is InChI=1S/C19H18N4O7P/c1-10-21-22-18(29-10)14-4-2-12(8-20-14)11-3-5-15-13(6-11)7-16-17(9-28-31(25,26)27)30-19(24)23(15)16/h2-6,8,16-17,25-27H,7,9H2,1H3/q+1/t16-,17-/m0/s1. The first-order valence-electron chi connectivity index (χ1n) is 9.40. The number of carbonyl (C=O) groups is 1. The molecule has 1 fully saturated rings. The van der Waals surface area contributed by atoms with Gasteiger partial charge in [0.05, 0.1) is 11.7 Å². The topological polar surface area (TPSA) is 151 Å². The average Bonchev–Trinajstić information content (AvgIpc) is 3.41. The van der Waals surface area contributed by atoms with Crippen LogP contribution in [0.2, 0.25) is 0 Å². The van der Waals surface area contributed by atoms with Gasteiger partial charge in [-0.3, -0.25) is 9.88 Å². The first kappa shape index (κ1) is 20.0. The van der Waals surface area contributed by atoms with E-state index >= 15 is 0 Å². The SMILES string of the molecule is Cc1nnc(-c2ccc(-c3ccc4c(c3)C[C@H]3[C@H](CO[P+](O)(O)O)OC(=O)N43)cn2)o1. The molecule has 1 aromatic carbocycles. The first-order chi connectivity index (χ1) is 14.8. The van der Waals surface area contributed by atoms with E-state index in [9.17, 15) is 4.79 Å². The number of anilines is 1. The Morgan fingerprint density at radius 3 is 2.68 bits per heavy atom. The highest BCUT2D eigenvalue weighted by Crippen LogP contribution is 2.47. The van der Waals surface area contributed by atoms with Crippen molar-refractivity contribution < 1.29 is 33.2 Å². The number of pyridine rings is 1. The number of benzene rings is 1. The molecule has 1 amide bonds. The lowest BCUT2D eigenvalue weighted by molar-refractivity contribution is 0.0659. The summed E-state index contributed by atoms with van der Waals surface area (Å²) in [5.74, 6) is 0.817. The number of aryl methyl sites for hydroxylation is 1. The number of aromatic nitrogens is 3. The second-order valence-electron chi connectivity index (χ2n) is 7.27. The van der Waals surface area contributed by atoms with Crippen molar-refractivity contribution in [3.05, 3.63) is 48.0 Å². The van der Waals surface area contributed by atoms with Gasteiger partial charge in [0.2, 0.25) is 5.89 Å². The van der Waals surface area contributed by atoms with Crippen molar-refractivity contribution in [1.82, 2.24) is 15.2 Å². The molecule has 11 nitrogen and oxygen atoms in total. The summed E-state index contributed by atoms with van der Waals surface area (Å²) in [5, 5.41) is 7.76. The molecular weight excluding hydrogens is 427 g/mol. The Bertz CT molecular complexity index is 1140. The van der Waals surface area contributed by atoms with Gasteiger partial charge in [0.25, 0.3) is 5.89 Å². The van der Waals surface area contributed by atoms with E-state index in [-0.39, 0.29) is 12.6 Å². The van der Waals surface area contributed by atoms with E-state index in [0.717, 1.165) is 22.4 Å².